The van der Waals surface area contributed by atoms with Gasteiger partial charge < -0.3 is 0 Å². The molecule has 0 spiro atoms. The van der Waals surface area contributed by atoms with Crippen LogP contribution in [0, 0.1) is 0 Å². The molecule has 0 radical (unpaired) electrons. The monoisotopic (exact) mass is 710 g/mol. The molecule has 0 aliphatic heterocycles. The van der Waals surface area contributed by atoms with E-state index in [1.807, 2.05) is 0 Å². The summed E-state index contributed by atoms with van der Waals surface area (Å²) in [6, 6.07) is 0. The maximum absolute atomic E-state index is 2.57. The Morgan fingerprint density at radius 1 is 0.800 bits per heavy atom. The van der Waals surface area contributed by atoms with E-state index in [4.69, 9.17) is 0 Å². The fraction of sp³-hybridized carbons (Fsp3) is 0. The van der Waals surface area contributed by atoms with Gasteiger partial charge in [-0.3, -0.25) is 0 Å². The Bertz CT molecular complexity index is 19.1. The molecule has 0 bridgehead atoms. The third-order valence-electron chi connectivity index (χ3n) is 0. The van der Waals surface area contributed by atoms with Crippen LogP contribution in [-0.4, -0.2) is 0 Å². The van der Waals surface area contributed by atoms with E-state index >= 15 is 0 Å². The first-order valence-corrected chi connectivity index (χ1v) is 62.9. The molecule has 0 N–H and O–H groups in total. The average Bonchev–Trinajstić information content (AvgIpc) is 0.722. The second kappa shape index (κ2) is 3.80. The van der Waals surface area contributed by atoms with Crippen LogP contribution in [0.3, 0.4) is 0 Å². The summed E-state index contributed by atoms with van der Waals surface area (Å²) in [4.78, 5) is 0. The van der Waals surface area contributed by atoms with E-state index in [0.29, 0.717) is 0 Å². The molecular formula is HgI4-2. The molecule has 0 saturated heterocycles. The minimum absolute atomic E-state index is 1.51. The predicted octanol–water partition coefficient (Wildman–Crippen LogP) is 3.54. The van der Waals surface area contributed by atoms with Crippen LogP contribution in [0.25, 0.3) is 0 Å². The Morgan fingerprint density at radius 3 is 0.800 bits per heavy atom. The third kappa shape index (κ3) is 18.1. The molecular weight excluding hydrogens is 708 g/mol. The summed E-state index contributed by atoms with van der Waals surface area (Å²) >= 11 is 10.3. The molecule has 5 heteroatoms. The molecule has 0 heterocycles. The van der Waals surface area contributed by atoms with Gasteiger partial charge >= 0.3 is 74.8 Å². The van der Waals surface area contributed by atoms with Crippen LogP contribution in [0.5, 0.6) is 0 Å². The van der Waals surface area contributed by atoms with Gasteiger partial charge in [0, 0.05) is 0 Å². The molecule has 0 aliphatic rings. The summed E-state index contributed by atoms with van der Waals surface area (Å²) < 4.78 is -1.51. The molecule has 0 aromatic rings. The topological polar surface area (TPSA) is 0 Å². The van der Waals surface area contributed by atoms with Gasteiger partial charge in [0.2, 0.25) is 0 Å². The van der Waals surface area contributed by atoms with Crippen molar-refractivity contribution in [1.29, 1.82) is 0 Å². The SMILES string of the molecule is [I][Hg-2]([I])([I])[I]. The van der Waals surface area contributed by atoms with Crippen molar-refractivity contribution in [2.45, 2.75) is 0 Å². The van der Waals surface area contributed by atoms with Gasteiger partial charge in [0.1, 0.15) is 0 Å². The van der Waals surface area contributed by atoms with Gasteiger partial charge in [-0.1, -0.05) is 0 Å². The Kier molecular flexibility index (Phi) is 6.73. The number of halogens is 4. The summed E-state index contributed by atoms with van der Waals surface area (Å²) in [5.74, 6) is 0. The van der Waals surface area contributed by atoms with E-state index < -0.39 is 4.17 Å². The Hall–Kier alpha value is 3.86. The van der Waals surface area contributed by atoms with Crippen molar-refractivity contribution >= 4 is 70.7 Å². The second-order valence-electron chi connectivity index (χ2n) is 0.606. The van der Waals surface area contributed by atoms with Gasteiger partial charge in [-0.2, -0.15) is 0 Å². The first kappa shape index (κ1) is 8.86. The van der Waals surface area contributed by atoms with Crippen LogP contribution in [-0.2, 0) is 4.17 Å². The van der Waals surface area contributed by atoms with Crippen molar-refractivity contribution in [3.05, 3.63) is 0 Å². The van der Waals surface area contributed by atoms with E-state index in [9.17, 15) is 0 Å². The molecule has 32 valence electrons. The van der Waals surface area contributed by atoms with Gasteiger partial charge in [-0.15, -0.1) is 0 Å². The Morgan fingerprint density at radius 2 is 0.800 bits per heavy atom. The number of hydrogen-bond donors (Lipinski definition) is 0. The molecule has 0 atom stereocenters. The summed E-state index contributed by atoms with van der Waals surface area (Å²) in [6.07, 6.45) is 0. The van der Waals surface area contributed by atoms with Crippen molar-refractivity contribution in [1.82, 2.24) is 0 Å². The number of rotatable bonds is 0. The van der Waals surface area contributed by atoms with E-state index in [2.05, 4.69) is 70.7 Å². The Labute approximate surface area is 71.8 Å². The predicted molar refractivity (Wildman–Crippen MR) is 56.1 cm³/mol. The van der Waals surface area contributed by atoms with E-state index in [-0.39, 0.29) is 0 Å². The van der Waals surface area contributed by atoms with Gasteiger partial charge in [-0.05, 0) is 0 Å². The Balaban J connectivity index is 3.02. The molecule has 0 unspecified atom stereocenters. The first-order chi connectivity index (χ1) is 2.00. The fourth-order valence-corrected chi connectivity index (χ4v) is 0. The summed E-state index contributed by atoms with van der Waals surface area (Å²) in [6.45, 7) is 0. The molecule has 0 amide bonds. The number of hydrogen-bond acceptors (Lipinski definition) is 0. The molecule has 0 saturated carbocycles. The molecule has 0 aromatic heterocycles. The van der Waals surface area contributed by atoms with E-state index in [1.54, 1.807) is 0 Å². The van der Waals surface area contributed by atoms with Crippen LogP contribution >= 0.6 is 70.7 Å². The van der Waals surface area contributed by atoms with Gasteiger partial charge in [0.15, 0.2) is 0 Å². The zero-order valence-electron chi connectivity index (χ0n) is 2.22. The van der Waals surface area contributed by atoms with Crippen LogP contribution in [0.2, 0.25) is 0 Å². The van der Waals surface area contributed by atoms with Crippen molar-refractivity contribution in [3.63, 3.8) is 0 Å². The van der Waals surface area contributed by atoms with Crippen molar-refractivity contribution in [2.24, 2.45) is 0 Å². The second-order valence-corrected chi connectivity index (χ2v) is 239. The van der Waals surface area contributed by atoms with Crippen LogP contribution < -0.4 is 0 Å². The van der Waals surface area contributed by atoms with Crippen LogP contribution in [0.1, 0.15) is 0 Å². The zero-order chi connectivity index (χ0) is 4.50. The zero-order valence-corrected chi connectivity index (χ0v) is 16.3. The van der Waals surface area contributed by atoms with Crippen LogP contribution in [0.15, 0.2) is 0 Å². The molecule has 0 fully saturated rings. The molecule has 0 aromatic carbocycles. The standard InChI is InChI=1S/Hg.4HI/h;4*1H/q+2;;;;/p-4. The van der Waals surface area contributed by atoms with Crippen LogP contribution in [0.4, 0.5) is 0 Å². The van der Waals surface area contributed by atoms with E-state index in [1.165, 1.54) is 0 Å². The average molecular weight is 708 g/mol. The van der Waals surface area contributed by atoms with Gasteiger partial charge in [0.05, 0.1) is 0 Å². The molecule has 5 heavy (non-hydrogen) atoms. The van der Waals surface area contributed by atoms with Crippen molar-refractivity contribution < 1.29 is 4.17 Å². The first-order valence-electron chi connectivity index (χ1n) is 1.07. The molecule has 0 rings (SSSR count). The third-order valence-corrected chi connectivity index (χ3v) is 0. The quantitative estimate of drug-likeness (QED) is 0.267. The minimum atomic E-state index is -1.51. The molecule has 0 aliphatic carbocycles. The van der Waals surface area contributed by atoms with Crippen molar-refractivity contribution in [2.75, 3.05) is 0 Å². The van der Waals surface area contributed by atoms with Crippen molar-refractivity contribution in [3.8, 4) is 0 Å². The summed E-state index contributed by atoms with van der Waals surface area (Å²) in [5, 5.41) is 0. The maximum atomic E-state index is 2.57. The molecule has 0 nitrogen and oxygen atoms in total. The summed E-state index contributed by atoms with van der Waals surface area (Å²) in [5.41, 5.74) is 0. The normalized spacial score (nSPS) is 12.0. The van der Waals surface area contributed by atoms with Gasteiger partial charge in [0.25, 0.3) is 0 Å². The van der Waals surface area contributed by atoms with E-state index in [0.717, 1.165) is 0 Å². The van der Waals surface area contributed by atoms with Gasteiger partial charge in [-0.25, -0.2) is 0 Å². The fourth-order valence-electron chi connectivity index (χ4n) is 0. The summed E-state index contributed by atoms with van der Waals surface area (Å²) in [7, 11) is 0.